The third-order valence-electron chi connectivity index (χ3n) is 2.77. The Morgan fingerprint density at radius 2 is 2.20 bits per heavy atom. The van der Waals surface area contributed by atoms with Crippen molar-refractivity contribution in [3.8, 4) is 0 Å². The first-order chi connectivity index (χ1) is 9.36. The molecule has 1 rings (SSSR count). The van der Waals surface area contributed by atoms with Crippen LogP contribution in [0.5, 0.6) is 0 Å². The van der Waals surface area contributed by atoms with E-state index in [1.54, 1.807) is 5.38 Å². The second-order valence-corrected chi connectivity index (χ2v) is 6.14. The fourth-order valence-electron chi connectivity index (χ4n) is 2.04. The predicted molar refractivity (Wildman–Crippen MR) is 78.4 cm³/mol. The van der Waals surface area contributed by atoms with E-state index in [1.165, 1.54) is 11.3 Å². The quantitative estimate of drug-likeness (QED) is 0.675. The van der Waals surface area contributed by atoms with Crippen LogP contribution in [0.1, 0.15) is 32.4 Å². The Kier molecular flexibility index (Phi) is 6.44. The van der Waals surface area contributed by atoms with Crippen LogP contribution in [0.25, 0.3) is 0 Å². The predicted octanol–water partition coefficient (Wildman–Crippen LogP) is 1.52. The maximum atomic E-state index is 11.8. The lowest BCUT2D eigenvalue weighted by molar-refractivity contribution is -0.138. The van der Waals surface area contributed by atoms with Gasteiger partial charge in [-0.05, 0) is 18.3 Å². The summed E-state index contributed by atoms with van der Waals surface area (Å²) in [5.74, 6) is -0.641. The molecule has 1 unspecified atom stereocenters. The number of carboxylic acid groups (broad SMARTS) is 1. The number of nitrogens with two attached hydrogens (primary N) is 1. The van der Waals surface area contributed by atoms with E-state index in [-0.39, 0.29) is 24.7 Å². The summed E-state index contributed by atoms with van der Waals surface area (Å²) in [6.45, 7) is 4.45. The molecular weight excluding hydrogens is 278 g/mol. The molecule has 1 amide bonds. The molecule has 0 radical (unpaired) electrons. The van der Waals surface area contributed by atoms with Gasteiger partial charge in [0.1, 0.15) is 0 Å². The van der Waals surface area contributed by atoms with Crippen LogP contribution in [0.15, 0.2) is 5.38 Å². The van der Waals surface area contributed by atoms with Crippen molar-refractivity contribution in [1.82, 2.24) is 10.3 Å². The van der Waals surface area contributed by atoms with Crippen molar-refractivity contribution in [3.05, 3.63) is 11.1 Å². The summed E-state index contributed by atoms with van der Waals surface area (Å²) >= 11 is 1.30. The van der Waals surface area contributed by atoms with Gasteiger partial charge < -0.3 is 16.2 Å². The second-order valence-electron chi connectivity index (χ2n) is 5.25. The molecule has 0 aromatic carbocycles. The zero-order chi connectivity index (χ0) is 15.1. The highest BCUT2D eigenvalue weighted by Crippen LogP contribution is 2.15. The SMILES string of the molecule is CC(C)CC(CNC(=O)Cc1csc(N)n1)CC(=O)O. The average Bonchev–Trinajstić information content (AvgIpc) is 2.70. The number of nitrogens with one attached hydrogen (secondary N) is 1. The summed E-state index contributed by atoms with van der Waals surface area (Å²) in [6.07, 6.45) is 1.02. The van der Waals surface area contributed by atoms with Crippen LogP contribution in [-0.2, 0) is 16.0 Å². The van der Waals surface area contributed by atoms with Crippen LogP contribution in [0, 0.1) is 11.8 Å². The van der Waals surface area contributed by atoms with Crippen LogP contribution >= 0.6 is 11.3 Å². The van der Waals surface area contributed by atoms with E-state index in [9.17, 15) is 9.59 Å². The normalized spacial score (nSPS) is 12.3. The minimum atomic E-state index is -0.836. The monoisotopic (exact) mass is 299 g/mol. The molecule has 0 bridgehead atoms. The minimum absolute atomic E-state index is 0.0445. The molecule has 7 heteroatoms. The number of amides is 1. The van der Waals surface area contributed by atoms with Gasteiger partial charge >= 0.3 is 5.97 Å². The van der Waals surface area contributed by atoms with Crippen LogP contribution in [0.3, 0.4) is 0 Å². The lowest BCUT2D eigenvalue weighted by Crippen LogP contribution is -2.32. The molecule has 20 heavy (non-hydrogen) atoms. The molecule has 6 nitrogen and oxygen atoms in total. The van der Waals surface area contributed by atoms with E-state index in [0.717, 1.165) is 6.42 Å². The Balaban J connectivity index is 2.41. The van der Waals surface area contributed by atoms with Crippen molar-refractivity contribution in [2.75, 3.05) is 12.3 Å². The smallest absolute Gasteiger partial charge is 0.303 e. The highest BCUT2D eigenvalue weighted by molar-refractivity contribution is 7.13. The van der Waals surface area contributed by atoms with Crippen molar-refractivity contribution in [2.24, 2.45) is 11.8 Å². The zero-order valence-electron chi connectivity index (χ0n) is 11.8. The maximum Gasteiger partial charge on any atom is 0.303 e. The molecule has 0 saturated carbocycles. The fourth-order valence-corrected chi connectivity index (χ4v) is 2.60. The molecule has 4 N–H and O–H groups in total. The number of carbonyl (C=O) groups is 2. The molecule has 0 aliphatic carbocycles. The van der Waals surface area contributed by atoms with Gasteiger partial charge in [0.2, 0.25) is 5.91 Å². The number of hydrogen-bond donors (Lipinski definition) is 3. The molecule has 1 aromatic heterocycles. The first kappa shape index (κ1) is 16.4. The van der Waals surface area contributed by atoms with Crippen molar-refractivity contribution in [1.29, 1.82) is 0 Å². The Morgan fingerprint density at radius 3 is 2.70 bits per heavy atom. The van der Waals surface area contributed by atoms with E-state index in [4.69, 9.17) is 10.8 Å². The summed E-state index contributed by atoms with van der Waals surface area (Å²) in [5.41, 5.74) is 6.14. The number of thiazole rings is 1. The maximum absolute atomic E-state index is 11.8. The number of nitrogens with zero attached hydrogens (tertiary/aromatic N) is 1. The molecule has 1 aromatic rings. The number of carboxylic acids is 1. The number of anilines is 1. The van der Waals surface area contributed by atoms with Crippen molar-refractivity contribution in [2.45, 2.75) is 33.1 Å². The topological polar surface area (TPSA) is 105 Å². The third-order valence-corrected chi connectivity index (χ3v) is 3.49. The van der Waals surface area contributed by atoms with E-state index in [0.29, 0.717) is 23.3 Å². The number of hydrogen-bond acceptors (Lipinski definition) is 5. The summed E-state index contributed by atoms with van der Waals surface area (Å²) in [5, 5.41) is 13.8. The first-order valence-electron chi connectivity index (χ1n) is 6.55. The summed E-state index contributed by atoms with van der Waals surface area (Å²) in [7, 11) is 0. The van der Waals surface area contributed by atoms with Gasteiger partial charge in [-0.2, -0.15) is 0 Å². The van der Waals surface area contributed by atoms with Gasteiger partial charge in [0.25, 0.3) is 0 Å². The molecule has 112 valence electrons. The standard InChI is InChI=1S/C13H21N3O3S/c1-8(2)3-9(4-12(18)19)6-15-11(17)5-10-7-20-13(14)16-10/h7-9H,3-6H2,1-2H3,(H2,14,16)(H,15,17)(H,18,19). The lowest BCUT2D eigenvalue weighted by Gasteiger charge is -2.17. The highest BCUT2D eigenvalue weighted by atomic mass is 32.1. The van der Waals surface area contributed by atoms with E-state index >= 15 is 0 Å². The van der Waals surface area contributed by atoms with Gasteiger partial charge in [-0.3, -0.25) is 9.59 Å². The largest absolute Gasteiger partial charge is 0.481 e. The molecule has 0 spiro atoms. The molecule has 0 aliphatic heterocycles. The number of aromatic nitrogens is 1. The molecule has 0 aliphatic rings. The summed E-state index contributed by atoms with van der Waals surface area (Å²) in [4.78, 5) is 26.6. The number of carbonyl (C=O) groups excluding carboxylic acids is 1. The summed E-state index contributed by atoms with van der Waals surface area (Å²) in [6, 6.07) is 0. The second kappa shape index (κ2) is 7.84. The number of aliphatic carboxylic acids is 1. The van der Waals surface area contributed by atoms with Gasteiger partial charge in [0.15, 0.2) is 5.13 Å². The molecule has 0 saturated heterocycles. The summed E-state index contributed by atoms with van der Waals surface area (Å²) < 4.78 is 0. The van der Waals surface area contributed by atoms with Crippen molar-refractivity contribution in [3.63, 3.8) is 0 Å². The Hall–Kier alpha value is -1.63. The van der Waals surface area contributed by atoms with Gasteiger partial charge in [-0.1, -0.05) is 13.8 Å². The Bertz CT molecular complexity index is 459. The number of rotatable bonds is 8. The molecule has 1 atom stereocenters. The van der Waals surface area contributed by atoms with Crippen LogP contribution in [0.4, 0.5) is 5.13 Å². The van der Waals surface area contributed by atoms with Crippen LogP contribution in [0.2, 0.25) is 0 Å². The van der Waals surface area contributed by atoms with Crippen molar-refractivity contribution < 1.29 is 14.7 Å². The van der Waals surface area contributed by atoms with Crippen LogP contribution in [-0.4, -0.2) is 28.5 Å². The molecule has 1 heterocycles. The average molecular weight is 299 g/mol. The third kappa shape index (κ3) is 6.51. The molecule has 0 fully saturated rings. The van der Waals surface area contributed by atoms with Crippen molar-refractivity contribution >= 4 is 28.3 Å². The van der Waals surface area contributed by atoms with E-state index < -0.39 is 5.97 Å². The minimum Gasteiger partial charge on any atom is -0.481 e. The fraction of sp³-hybridized carbons (Fsp3) is 0.615. The Labute approximate surface area is 122 Å². The first-order valence-corrected chi connectivity index (χ1v) is 7.43. The van der Waals surface area contributed by atoms with Gasteiger partial charge in [-0.25, -0.2) is 4.98 Å². The zero-order valence-corrected chi connectivity index (χ0v) is 12.6. The van der Waals surface area contributed by atoms with Gasteiger partial charge in [0, 0.05) is 18.3 Å². The van der Waals surface area contributed by atoms with Gasteiger partial charge in [-0.15, -0.1) is 11.3 Å². The van der Waals surface area contributed by atoms with Gasteiger partial charge in [0.05, 0.1) is 12.1 Å². The van der Waals surface area contributed by atoms with Crippen LogP contribution < -0.4 is 11.1 Å². The van der Waals surface area contributed by atoms with E-state index in [2.05, 4.69) is 10.3 Å². The van der Waals surface area contributed by atoms with E-state index in [1.807, 2.05) is 13.8 Å². The lowest BCUT2D eigenvalue weighted by atomic mass is 9.94. The Morgan fingerprint density at radius 1 is 1.50 bits per heavy atom. The highest BCUT2D eigenvalue weighted by Gasteiger charge is 2.16. The molecular formula is C13H21N3O3S. The number of nitrogen functional groups attached to an aromatic ring is 1.